The molecular weight excluding hydrogens is 253 g/mol. The number of nitrogens with two attached hydrogens (primary N) is 1. The van der Waals surface area contributed by atoms with Gasteiger partial charge in [0.1, 0.15) is 11.9 Å². The molecule has 0 spiro atoms. The molecule has 0 aliphatic rings. The maximum absolute atomic E-state index is 13.2. The molecule has 0 atom stereocenters. The second-order valence-corrected chi connectivity index (χ2v) is 4.04. The quantitative estimate of drug-likeness (QED) is 0.811. The molecule has 18 heavy (non-hydrogen) atoms. The van der Waals surface area contributed by atoms with Crippen LogP contribution in [0.5, 0.6) is 0 Å². The molecule has 2 rings (SSSR count). The molecule has 0 heterocycles. The molecule has 90 valence electrons. The molecular formula is C13H9ClFN3. The van der Waals surface area contributed by atoms with Crippen LogP contribution in [0.15, 0.2) is 36.4 Å². The molecule has 0 aliphatic carbocycles. The average molecular weight is 262 g/mol. The van der Waals surface area contributed by atoms with E-state index in [1.807, 2.05) is 0 Å². The monoisotopic (exact) mass is 261 g/mol. The lowest BCUT2D eigenvalue weighted by molar-refractivity contribution is 0.624. The summed E-state index contributed by atoms with van der Waals surface area (Å²) in [6.07, 6.45) is 0. The second kappa shape index (κ2) is 4.94. The highest BCUT2D eigenvalue weighted by Crippen LogP contribution is 2.31. The van der Waals surface area contributed by atoms with Gasteiger partial charge in [-0.25, -0.2) is 4.39 Å². The summed E-state index contributed by atoms with van der Waals surface area (Å²) in [4.78, 5) is 0. The van der Waals surface area contributed by atoms with Gasteiger partial charge in [0.2, 0.25) is 0 Å². The number of anilines is 3. The number of nitrogens with zero attached hydrogens (tertiary/aromatic N) is 1. The molecule has 0 amide bonds. The van der Waals surface area contributed by atoms with Crippen LogP contribution in [0.3, 0.4) is 0 Å². The van der Waals surface area contributed by atoms with Crippen molar-refractivity contribution < 1.29 is 4.39 Å². The van der Waals surface area contributed by atoms with E-state index in [2.05, 4.69) is 5.32 Å². The Kier molecular flexibility index (Phi) is 3.35. The number of para-hydroxylation sites is 1. The molecule has 5 heteroatoms. The maximum Gasteiger partial charge on any atom is 0.141 e. The Morgan fingerprint density at radius 2 is 2.06 bits per heavy atom. The van der Waals surface area contributed by atoms with Crippen LogP contribution in [0, 0.1) is 17.1 Å². The van der Waals surface area contributed by atoms with Crippen LogP contribution in [0.25, 0.3) is 0 Å². The molecule has 2 aromatic carbocycles. The molecule has 3 N–H and O–H groups in total. The van der Waals surface area contributed by atoms with Crippen molar-refractivity contribution >= 4 is 28.7 Å². The van der Waals surface area contributed by atoms with Crippen molar-refractivity contribution in [3.8, 4) is 6.07 Å². The van der Waals surface area contributed by atoms with E-state index in [0.29, 0.717) is 22.1 Å². The molecule has 0 saturated carbocycles. The van der Waals surface area contributed by atoms with E-state index < -0.39 is 5.82 Å². The molecule has 0 unspecified atom stereocenters. The van der Waals surface area contributed by atoms with Gasteiger partial charge in [-0.15, -0.1) is 0 Å². The molecule has 2 aromatic rings. The van der Waals surface area contributed by atoms with E-state index in [-0.39, 0.29) is 5.56 Å². The topological polar surface area (TPSA) is 61.8 Å². The smallest absolute Gasteiger partial charge is 0.141 e. The summed E-state index contributed by atoms with van der Waals surface area (Å²) in [6.45, 7) is 0. The van der Waals surface area contributed by atoms with Gasteiger partial charge in [-0.2, -0.15) is 5.26 Å². The van der Waals surface area contributed by atoms with Gasteiger partial charge in [0, 0.05) is 5.69 Å². The summed E-state index contributed by atoms with van der Waals surface area (Å²) in [7, 11) is 0. The average Bonchev–Trinajstić information content (AvgIpc) is 2.36. The van der Waals surface area contributed by atoms with Crippen LogP contribution in [0.1, 0.15) is 5.56 Å². The fourth-order valence-electron chi connectivity index (χ4n) is 1.51. The van der Waals surface area contributed by atoms with E-state index in [1.54, 1.807) is 24.3 Å². The van der Waals surface area contributed by atoms with Crippen molar-refractivity contribution in [3.05, 3.63) is 52.8 Å². The molecule has 0 aromatic heterocycles. The summed E-state index contributed by atoms with van der Waals surface area (Å²) in [5.74, 6) is -0.560. The van der Waals surface area contributed by atoms with Crippen molar-refractivity contribution in [3.63, 3.8) is 0 Å². The number of hydrogen-bond donors (Lipinski definition) is 2. The predicted octanol–water partition coefficient (Wildman–Crippen LogP) is 3.68. The van der Waals surface area contributed by atoms with Gasteiger partial charge in [0.05, 0.1) is 22.0 Å². The normalized spacial score (nSPS) is 9.83. The molecule has 0 aliphatic heterocycles. The largest absolute Gasteiger partial charge is 0.397 e. The Labute approximate surface area is 109 Å². The van der Waals surface area contributed by atoms with Crippen LogP contribution < -0.4 is 11.1 Å². The SMILES string of the molecule is N#Cc1cc(Nc2c(N)cccc2Cl)ccc1F. The van der Waals surface area contributed by atoms with E-state index in [4.69, 9.17) is 22.6 Å². The maximum atomic E-state index is 13.2. The van der Waals surface area contributed by atoms with E-state index >= 15 is 0 Å². The predicted molar refractivity (Wildman–Crippen MR) is 70.3 cm³/mol. The fraction of sp³-hybridized carbons (Fsp3) is 0. The third-order valence-corrected chi connectivity index (χ3v) is 2.72. The molecule has 0 saturated heterocycles. The van der Waals surface area contributed by atoms with Crippen molar-refractivity contribution in [2.24, 2.45) is 0 Å². The van der Waals surface area contributed by atoms with Gasteiger partial charge in [0.15, 0.2) is 0 Å². The number of nitrogens with one attached hydrogen (secondary N) is 1. The van der Waals surface area contributed by atoms with Crippen molar-refractivity contribution in [2.75, 3.05) is 11.1 Å². The van der Waals surface area contributed by atoms with E-state index in [9.17, 15) is 4.39 Å². The lowest BCUT2D eigenvalue weighted by Crippen LogP contribution is -1.98. The van der Waals surface area contributed by atoms with Crippen molar-refractivity contribution in [1.29, 1.82) is 5.26 Å². The highest BCUT2D eigenvalue weighted by atomic mass is 35.5. The van der Waals surface area contributed by atoms with Crippen LogP contribution in [-0.2, 0) is 0 Å². The first kappa shape index (κ1) is 12.2. The molecule has 3 nitrogen and oxygen atoms in total. The second-order valence-electron chi connectivity index (χ2n) is 3.64. The minimum absolute atomic E-state index is 0.0365. The number of halogens is 2. The molecule has 0 radical (unpaired) electrons. The van der Waals surface area contributed by atoms with Gasteiger partial charge in [-0.05, 0) is 30.3 Å². The zero-order valence-electron chi connectivity index (χ0n) is 9.24. The van der Waals surface area contributed by atoms with Crippen molar-refractivity contribution in [2.45, 2.75) is 0 Å². The van der Waals surface area contributed by atoms with Crippen molar-refractivity contribution in [1.82, 2.24) is 0 Å². The number of rotatable bonds is 2. The number of benzene rings is 2. The van der Waals surface area contributed by atoms with Gasteiger partial charge in [0.25, 0.3) is 0 Å². The third kappa shape index (κ3) is 2.36. The minimum Gasteiger partial charge on any atom is -0.397 e. The Balaban J connectivity index is 2.38. The summed E-state index contributed by atoms with van der Waals surface area (Å²) in [6, 6.07) is 11.0. The van der Waals surface area contributed by atoms with Crippen LogP contribution >= 0.6 is 11.6 Å². The number of nitrogen functional groups attached to an aromatic ring is 1. The standard InChI is InChI=1S/C13H9ClFN3/c14-10-2-1-3-12(17)13(10)18-9-4-5-11(15)8(6-9)7-16/h1-6,18H,17H2. The lowest BCUT2D eigenvalue weighted by atomic mass is 10.2. The summed E-state index contributed by atoms with van der Waals surface area (Å²) in [5, 5.41) is 12.2. The number of nitriles is 1. The van der Waals surface area contributed by atoms with Crippen LogP contribution in [0.2, 0.25) is 5.02 Å². The Bertz CT molecular complexity index is 614. The van der Waals surface area contributed by atoms with Crippen LogP contribution in [0.4, 0.5) is 21.5 Å². The lowest BCUT2D eigenvalue weighted by Gasteiger charge is -2.11. The zero-order valence-corrected chi connectivity index (χ0v) is 10.0. The highest BCUT2D eigenvalue weighted by molar-refractivity contribution is 6.34. The summed E-state index contributed by atoms with van der Waals surface area (Å²) < 4.78 is 13.2. The first-order valence-electron chi connectivity index (χ1n) is 5.12. The summed E-state index contributed by atoms with van der Waals surface area (Å²) >= 11 is 6.00. The molecule has 0 fully saturated rings. The Hall–Kier alpha value is -2.25. The van der Waals surface area contributed by atoms with Gasteiger partial charge >= 0.3 is 0 Å². The van der Waals surface area contributed by atoms with Gasteiger partial charge < -0.3 is 11.1 Å². The first-order valence-corrected chi connectivity index (χ1v) is 5.50. The number of hydrogen-bond acceptors (Lipinski definition) is 3. The van der Waals surface area contributed by atoms with Crippen LogP contribution in [-0.4, -0.2) is 0 Å². The van der Waals surface area contributed by atoms with E-state index in [1.165, 1.54) is 18.2 Å². The zero-order chi connectivity index (χ0) is 13.1. The first-order chi connectivity index (χ1) is 8.61. The Morgan fingerprint density at radius 3 is 2.72 bits per heavy atom. The highest BCUT2D eigenvalue weighted by Gasteiger charge is 2.07. The van der Waals surface area contributed by atoms with E-state index in [0.717, 1.165) is 0 Å². The van der Waals surface area contributed by atoms with Gasteiger partial charge in [-0.3, -0.25) is 0 Å². The summed E-state index contributed by atoms with van der Waals surface area (Å²) in [5.41, 5.74) is 7.31. The minimum atomic E-state index is -0.560. The third-order valence-electron chi connectivity index (χ3n) is 2.40. The molecule has 0 bridgehead atoms. The fourth-order valence-corrected chi connectivity index (χ4v) is 1.73. The van der Waals surface area contributed by atoms with Gasteiger partial charge in [-0.1, -0.05) is 17.7 Å². The Morgan fingerprint density at radius 1 is 1.28 bits per heavy atom.